The van der Waals surface area contributed by atoms with Crippen LogP contribution in [0.3, 0.4) is 0 Å². The first-order valence-corrected chi connectivity index (χ1v) is 7.08. The van der Waals surface area contributed by atoms with E-state index in [0.29, 0.717) is 17.0 Å². The van der Waals surface area contributed by atoms with E-state index in [0.717, 1.165) is 33.1 Å². The van der Waals surface area contributed by atoms with Crippen LogP contribution in [0.15, 0.2) is 6.33 Å². The molecule has 0 spiro atoms. The van der Waals surface area contributed by atoms with Crippen molar-refractivity contribution in [2.45, 2.75) is 19.4 Å². The van der Waals surface area contributed by atoms with Crippen molar-refractivity contribution < 1.29 is 13.5 Å². The normalized spacial score (nSPS) is 14.9. The summed E-state index contributed by atoms with van der Waals surface area (Å²) < 4.78 is 33.1. The Morgan fingerprint density at radius 3 is 2.50 bits per heavy atom. The van der Waals surface area contributed by atoms with Crippen molar-refractivity contribution in [2.24, 2.45) is 0 Å². The molecule has 3 rings (SSSR count). The molecular weight excluding hydrogens is 365 g/mol. The number of ether oxygens (including phenoxy) is 1. The maximum Gasteiger partial charge on any atom is 0.320 e. The Balaban J connectivity index is 0.00000144. The SMILES string of the molecule is COc1nc(N2CCNCC2)c2ncn(CC(C)(F)F)c2n1.Cl.Cl. The first-order chi connectivity index (χ1) is 10.5. The van der Waals surface area contributed by atoms with E-state index < -0.39 is 12.5 Å². The zero-order valence-corrected chi connectivity index (χ0v) is 15.0. The summed E-state index contributed by atoms with van der Waals surface area (Å²) in [5.41, 5.74) is 0.883. The van der Waals surface area contributed by atoms with E-state index in [1.165, 1.54) is 18.0 Å². The number of rotatable bonds is 4. The highest BCUT2D eigenvalue weighted by atomic mass is 35.5. The Morgan fingerprint density at radius 2 is 1.92 bits per heavy atom. The topological polar surface area (TPSA) is 68.1 Å². The molecule has 0 atom stereocenters. The largest absolute Gasteiger partial charge is 0.467 e. The fourth-order valence-corrected chi connectivity index (χ4v) is 2.51. The van der Waals surface area contributed by atoms with Crippen LogP contribution in [0, 0.1) is 0 Å². The number of halogens is 4. The second kappa shape index (κ2) is 8.09. The van der Waals surface area contributed by atoms with E-state index in [2.05, 4.69) is 25.2 Å². The zero-order valence-electron chi connectivity index (χ0n) is 13.3. The average molecular weight is 385 g/mol. The molecule has 2 aromatic rings. The molecule has 0 saturated carbocycles. The Labute approximate surface area is 150 Å². The van der Waals surface area contributed by atoms with E-state index >= 15 is 0 Å². The summed E-state index contributed by atoms with van der Waals surface area (Å²) in [5.74, 6) is -2.22. The molecule has 136 valence electrons. The van der Waals surface area contributed by atoms with Gasteiger partial charge in [-0.15, -0.1) is 24.8 Å². The number of hydrogen-bond acceptors (Lipinski definition) is 6. The summed E-state index contributed by atoms with van der Waals surface area (Å²) in [6.07, 6.45) is 1.38. The van der Waals surface area contributed by atoms with Crippen molar-refractivity contribution in [1.82, 2.24) is 24.8 Å². The molecule has 0 aromatic carbocycles. The van der Waals surface area contributed by atoms with Gasteiger partial charge in [-0.05, 0) is 0 Å². The molecular formula is C13H20Cl2F2N6O. The predicted molar refractivity (Wildman–Crippen MR) is 92.1 cm³/mol. The Kier molecular flexibility index (Phi) is 6.94. The lowest BCUT2D eigenvalue weighted by Crippen LogP contribution is -2.44. The summed E-state index contributed by atoms with van der Waals surface area (Å²) in [7, 11) is 1.46. The number of fused-ring (bicyclic) bond motifs is 1. The summed E-state index contributed by atoms with van der Waals surface area (Å²) in [4.78, 5) is 14.8. The van der Waals surface area contributed by atoms with Gasteiger partial charge in [-0.3, -0.25) is 0 Å². The molecule has 1 N–H and O–H groups in total. The third-order valence-corrected chi connectivity index (χ3v) is 3.47. The van der Waals surface area contributed by atoms with E-state index in [4.69, 9.17) is 4.74 Å². The van der Waals surface area contributed by atoms with E-state index in [9.17, 15) is 8.78 Å². The minimum absolute atomic E-state index is 0. The molecule has 0 radical (unpaired) electrons. The molecule has 11 heteroatoms. The molecule has 1 fully saturated rings. The quantitative estimate of drug-likeness (QED) is 0.865. The molecule has 0 bridgehead atoms. The number of nitrogens with zero attached hydrogens (tertiary/aromatic N) is 5. The fraction of sp³-hybridized carbons (Fsp3) is 0.615. The zero-order chi connectivity index (χ0) is 15.7. The minimum Gasteiger partial charge on any atom is -0.467 e. The Hall–Kier alpha value is -1.45. The number of methoxy groups -OCH3 is 1. The van der Waals surface area contributed by atoms with Gasteiger partial charge in [0.25, 0.3) is 5.92 Å². The monoisotopic (exact) mass is 384 g/mol. The predicted octanol–water partition coefficient (Wildman–Crippen LogP) is 1.74. The lowest BCUT2D eigenvalue weighted by Gasteiger charge is -2.28. The van der Waals surface area contributed by atoms with Gasteiger partial charge in [0.05, 0.1) is 20.0 Å². The molecule has 24 heavy (non-hydrogen) atoms. The van der Waals surface area contributed by atoms with Crippen LogP contribution in [0.1, 0.15) is 6.92 Å². The van der Waals surface area contributed by atoms with Crippen LogP contribution in [0.25, 0.3) is 11.2 Å². The van der Waals surface area contributed by atoms with Crippen molar-refractivity contribution in [3.8, 4) is 6.01 Å². The van der Waals surface area contributed by atoms with Gasteiger partial charge >= 0.3 is 6.01 Å². The van der Waals surface area contributed by atoms with E-state index in [-0.39, 0.29) is 30.8 Å². The molecule has 0 aliphatic carbocycles. The van der Waals surface area contributed by atoms with Crippen molar-refractivity contribution in [1.29, 1.82) is 0 Å². The van der Waals surface area contributed by atoms with Crippen LogP contribution < -0.4 is 15.0 Å². The number of nitrogens with one attached hydrogen (secondary N) is 1. The third kappa shape index (κ3) is 4.34. The lowest BCUT2D eigenvalue weighted by molar-refractivity contribution is 0.00478. The highest BCUT2D eigenvalue weighted by molar-refractivity contribution is 5.86. The minimum atomic E-state index is -2.85. The summed E-state index contributed by atoms with van der Waals surface area (Å²) in [6.45, 7) is 3.60. The highest BCUT2D eigenvalue weighted by Gasteiger charge is 2.26. The molecule has 7 nitrogen and oxygen atoms in total. The second-order valence-corrected chi connectivity index (χ2v) is 5.39. The Morgan fingerprint density at radius 1 is 1.25 bits per heavy atom. The van der Waals surface area contributed by atoms with E-state index in [1.807, 2.05) is 0 Å². The maximum atomic E-state index is 13.3. The van der Waals surface area contributed by atoms with Gasteiger partial charge in [0, 0.05) is 33.1 Å². The Bertz CT molecular complexity index is 672. The van der Waals surface area contributed by atoms with E-state index in [1.54, 1.807) is 0 Å². The first-order valence-electron chi connectivity index (χ1n) is 7.08. The van der Waals surface area contributed by atoms with Crippen LogP contribution in [0.5, 0.6) is 6.01 Å². The molecule has 3 heterocycles. The standard InChI is InChI=1S/C13H18F2N6O.2ClH/c1-13(14,15)7-21-8-17-9-10(20-5-3-16-4-6-20)18-12(22-2)19-11(9)21;;/h8,16H,3-7H2,1-2H3;2*1H. The van der Waals surface area contributed by atoms with Crippen LogP contribution in [-0.4, -0.2) is 58.7 Å². The van der Waals surface area contributed by atoms with Gasteiger partial charge in [0.1, 0.15) is 0 Å². The van der Waals surface area contributed by atoms with Gasteiger partial charge in [-0.25, -0.2) is 13.8 Å². The molecule has 1 saturated heterocycles. The molecule has 2 aromatic heterocycles. The summed E-state index contributed by atoms with van der Waals surface area (Å²) in [5, 5.41) is 3.26. The van der Waals surface area contributed by atoms with Gasteiger partial charge in [0.2, 0.25) is 0 Å². The smallest absolute Gasteiger partial charge is 0.320 e. The van der Waals surface area contributed by atoms with Crippen molar-refractivity contribution in [3.05, 3.63) is 6.33 Å². The van der Waals surface area contributed by atoms with Crippen molar-refractivity contribution in [2.75, 3.05) is 38.2 Å². The number of anilines is 1. The van der Waals surface area contributed by atoms with Crippen LogP contribution in [-0.2, 0) is 6.54 Å². The maximum absolute atomic E-state index is 13.3. The number of aromatic nitrogens is 4. The third-order valence-electron chi connectivity index (χ3n) is 3.47. The van der Waals surface area contributed by atoms with Crippen molar-refractivity contribution in [3.63, 3.8) is 0 Å². The number of piperazine rings is 1. The summed E-state index contributed by atoms with van der Waals surface area (Å²) >= 11 is 0. The lowest BCUT2D eigenvalue weighted by atomic mass is 10.3. The number of hydrogen-bond donors (Lipinski definition) is 1. The van der Waals surface area contributed by atoms with Crippen molar-refractivity contribution >= 4 is 41.8 Å². The van der Waals surface area contributed by atoms with Crippen LogP contribution >= 0.6 is 24.8 Å². The molecule has 0 amide bonds. The van der Waals surface area contributed by atoms with Crippen LogP contribution in [0.2, 0.25) is 0 Å². The van der Waals surface area contributed by atoms with Gasteiger partial charge < -0.3 is 19.5 Å². The fourth-order valence-electron chi connectivity index (χ4n) is 2.51. The number of alkyl halides is 2. The highest BCUT2D eigenvalue weighted by Crippen LogP contribution is 2.27. The molecule has 0 unspecified atom stereocenters. The van der Waals surface area contributed by atoms with Gasteiger partial charge in [-0.2, -0.15) is 9.97 Å². The van der Waals surface area contributed by atoms with Gasteiger partial charge in [0.15, 0.2) is 17.0 Å². The summed E-state index contributed by atoms with van der Waals surface area (Å²) in [6, 6.07) is 0.155. The van der Waals surface area contributed by atoms with Crippen LogP contribution in [0.4, 0.5) is 14.6 Å². The number of imidazole rings is 1. The second-order valence-electron chi connectivity index (χ2n) is 5.39. The molecule has 1 aliphatic rings. The first kappa shape index (κ1) is 20.6. The average Bonchev–Trinajstić information content (AvgIpc) is 2.88. The van der Waals surface area contributed by atoms with Gasteiger partial charge in [-0.1, -0.05) is 0 Å². The molecule has 1 aliphatic heterocycles.